The number of fused-ring (bicyclic) bond motifs is 2. The van der Waals surface area contributed by atoms with Crippen LogP contribution in [0.5, 0.6) is 0 Å². The van der Waals surface area contributed by atoms with Crippen molar-refractivity contribution in [3.63, 3.8) is 0 Å². The van der Waals surface area contributed by atoms with E-state index in [9.17, 15) is 9.18 Å². The molecule has 2 aromatic carbocycles. The van der Waals surface area contributed by atoms with Gasteiger partial charge in [0.15, 0.2) is 0 Å². The number of hydrogen-bond acceptors (Lipinski definition) is 2. The highest BCUT2D eigenvalue weighted by molar-refractivity contribution is 5.95. The Kier molecular flexibility index (Phi) is 5.08. The molecule has 2 unspecified atom stereocenters. The zero-order valence-electron chi connectivity index (χ0n) is 15.6. The van der Waals surface area contributed by atoms with Crippen LogP contribution < -0.4 is 0 Å². The van der Waals surface area contributed by atoms with Crippen LogP contribution in [0.4, 0.5) is 4.39 Å². The molecule has 0 spiro atoms. The van der Waals surface area contributed by atoms with E-state index < -0.39 is 0 Å². The lowest BCUT2D eigenvalue weighted by molar-refractivity contribution is 0.0787. The molecule has 1 saturated heterocycles. The third-order valence-corrected chi connectivity index (χ3v) is 5.87. The number of carbonyl (C=O) groups excluding carboxylic acids is 1. The average Bonchev–Trinajstić information content (AvgIpc) is 2.90. The van der Waals surface area contributed by atoms with Gasteiger partial charge in [0.2, 0.25) is 0 Å². The molecular weight excluding hydrogens is 339 g/mol. The van der Waals surface area contributed by atoms with Crippen LogP contribution >= 0.6 is 0 Å². The molecule has 0 radical (unpaired) electrons. The summed E-state index contributed by atoms with van der Waals surface area (Å²) < 4.78 is 13.3. The molecule has 2 atom stereocenters. The second kappa shape index (κ2) is 7.65. The van der Waals surface area contributed by atoms with Crippen LogP contribution in [-0.4, -0.2) is 41.4 Å². The van der Waals surface area contributed by atoms with Gasteiger partial charge in [0.05, 0.1) is 0 Å². The molecule has 27 heavy (non-hydrogen) atoms. The first-order chi connectivity index (χ1) is 13.1. The van der Waals surface area contributed by atoms with Gasteiger partial charge in [-0.1, -0.05) is 30.3 Å². The van der Waals surface area contributed by atoms with E-state index in [2.05, 4.69) is 30.2 Å². The molecule has 1 amide bonds. The van der Waals surface area contributed by atoms with Gasteiger partial charge in [-0.15, -0.1) is 0 Å². The molecule has 4 rings (SSSR count). The predicted octanol–water partition coefficient (Wildman–Crippen LogP) is 4.26. The summed E-state index contributed by atoms with van der Waals surface area (Å²) in [5.41, 5.74) is 2.87. The number of amides is 1. The normalized spacial score (nSPS) is 21.8. The summed E-state index contributed by atoms with van der Waals surface area (Å²) in [7, 11) is 2.17. The predicted molar refractivity (Wildman–Crippen MR) is 105 cm³/mol. The van der Waals surface area contributed by atoms with Crippen LogP contribution in [0.3, 0.4) is 0 Å². The maximum atomic E-state index is 13.3. The number of hydrogen-bond donors (Lipinski definition) is 0. The maximum absolute atomic E-state index is 13.3. The number of rotatable bonds is 5. The SMILES string of the molecule is CN1C2C=C(N(CCc3ccccc3)C(=O)c3ccc(F)cc3)CC1CC2. The maximum Gasteiger partial charge on any atom is 0.258 e. The summed E-state index contributed by atoms with van der Waals surface area (Å²) in [5, 5.41) is 0. The van der Waals surface area contributed by atoms with Crippen LogP contribution in [-0.2, 0) is 6.42 Å². The van der Waals surface area contributed by atoms with Crippen LogP contribution in [0.15, 0.2) is 66.4 Å². The Balaban J connectivity index is 1.59. The zero-order chi connectivity index (χ0) is 18.8. The molecule has 140 valence electrons. The highest BCUT2D eigenvalue weighted by Crippen LogP contribution is 2.35. The summed E-state index contributed by atoms with van der Waals surface area (Å²) in [6.07, 6.45) is 6.29. The number of carbonyl (C=O) groups is 1. The van der Waals surface area contributed by atoms with Crippen molar-refractivity contribution in [2.24, 2.45) is 0 Å². The fraction of sp³-hybridized carbons (Fsp3) is 0.348. The van der Waals surface area contributed by atoms with Crippen molar-refractivity contribution in [3.8, 4) is 0 Å². The van der Waals surface area contributed by atoms with Crippen molar-refractivity contribution in [1.29, 1.82) is 0 Å². The molecule has 3 nitrogen and oxygen atoms in total. The van der Waals surface area contributed by atoms with Gasteiger partial charge in [-0.25, -0.2) is 4.39 Å². The summed E-state index contributed by atoms with van der Waals surface area (Å²) in [5.74, 6) is -0.361. The first-order valence-electron chi connectivity index (χ1n) is 9.66. The van der Waals surface area contributed by atoms with Gasteiger partial charge in [-0.2, -0.15) is 0 Å². The Labute approximate surface area is 160 Å². The van der Waals surface area contributed by atoms with E-state index in [1.807, 2.05) is 23.1 Å². The highest BCUT2D eigenvalue weighted by atomic mass is 19.1. The van der Waals surface area contributed by atoms with Gasteiger partial charge in [0, 0.05) is 36.3 Å². The number of nitrogens with zero attached hydrogens (tertiary/aromatic N) is 2. The molecule has 4 heteroatoms. The second-order valence-corrected chi connectivity index (χ2v) is 7.53. The van der Waals surface area contributed by atoms with Crippen molar-refractivity contribution in [1.82, 2.24) is 9.80 Å². The van der Waals surface area contributed by atoms with Gasteiger partial charge >= 0.3 is 0 Å². The van der Waals surface area contributed by atoms with Crippen LogP contribution in [0.2, 0.25) is 0 Å². The third kappa shape index (κ3) is 3.81. The minimum absolute atomic E-state index is 0.0406. The van der Waals surface area contributed by atoms with E-state index in [1.165, 1.54) is 24.1 Å². The standard InChI is InChI=1S/C23H25FN2O/c1-25-20-11-12-21(25)16-22(15-20)26(14-13-17-5-3-2-4-6-17)23(27)18-7-9-19(24)10-8-18/h2-10,15,20-21H,11-14,16H2,1H3. The number of likely N-dealkylation sites (N-methyl/N-ethyl adjacent to an activating group) is 1. The first kappa shape index (κ1) is 17.9. The monoisotopic (exact) mass is 364 g/mol. The Bertz CT molecular complexity index is 831. The molecule has 2 heterocycles. The Morgan fingerprint density at radius 1 is 1.11 bits per heavy atom. The molecule has 0 aromatic heterocycles. The lowest BCUT2D eigenvalue weighted by Gasteiger charge is -2.35. The summed E-state index contributed by atoms with van der Waals surface area (Å²) in [4.78, 5) is 17.6. The third-order valence-electron chi connectivity index (χ3n) is 5.87. The molecular formula is C23H25FN2O. The molecule has 1 fully saturated rings. The largest absolute Gasteiger partial charge is 0.312 e. The topological polar surface area (TPSA) is 23.6 Å². The van der Waals surface area contributed by atoms with Crippen molar-refractivity contribution in [2.45, 2.75) is 37.8 Å². The van der Waals surface area contributed by atoms with Gasteiger partial charge in [0.1, 0.15) is 5.82 Å². The lowest BCUT2D eigenvalue weighted by atomic mass is 10.0. The van der Waals surface area contributed by atoms with Crippen molar-refractivity contribution >= 4 is 5.91 Å². The Morgan fingerprint density at radius 2 is 1.85 bits per heavy atom. The fourth-order valence-corrected chi connectivity index (χ4v) is 4.23. The summed E-state index contributed by atoms with van der Waals surface area (Å²) >= 11 is 0. The van der Waals surface area contributed by atoms with Crippen molar-refractivity contribution < 1.29 is 9.18 Å². The molecule has 2 aliphatic rings. The summed E-state index contributed by atoms with van der Waals surface area (Å²) in [6, 6.07) is 17.0. The van der Waals surface area contributed by atoms with E-state index in [-0.39, 0.29) is 11.7 Å². The van der Waals surface area contributed by atoms with Crippen LogP contribution in [0.1, 0.15) is 35.2 Å². The molecule has 2 bridgehead atoms. The van der Waals surface area contributed by atoms with Crippen LogP contribution in [0, 0.1) is 5.82 Å². The van der Waals surface area contributed by atoms with Gasteiger partial charge in [-0.05, 0) is 62.2 Å². The quantitative estimate of drug-likeness (QED) is 0.791. The zero-order valence-corrected chi connectivity index (χ0v) is 15.6. The minimum atomic E-state index is -0.320. The van der Waals surface area contributed by atoms with Crippen molar-refractivity contribution in [2.75, 3.05) is 13.6 Å². The Morgan fingerprint density at radius 3 is 2.56 bits per heavy atom. The number of benzene rings is 2. The van der Waals surface area contributed by atoms with Crippen LogP contribution in [0.25, 0.3) is 0 Å². The second-order valence-electron chi connectivity index (χ2n) is 7.53. The van der Waals surface area contributed by atoms with Crippen molar-refractivity contribution in [3.05, 3.63) is 83.3 Å². The lowest BCUT2D eigenvalue weighted by Crippen LogP contribution is -2.41. The molecule has 0 N–H and O–H groups in total. The van der Waals surface area contributed by atoms with E-state index in [1.54, 1.807) is 12.1 Å². The number of halogens is 1. The minimum Gasteiger partial charge on any atom is -0.312 e. The molecule has 2 aliphatic heterocycles. The van der Waals surface area contributed by atoms with Gasteiger partial charge < -0.3 is 4.90 Å². The van der Waals surface area contributed by atoms with Gasteiger partial charge in [0.25, 0.3) is 5.91 Å². The first-order valence-corrected chi connectivity index (χ1v) is 9.66. The highest BCUT2D eigenvalue weighted by Gasteiger charge is 2.36. The van der Waals surface area contributed by atoms with E-state index in [0.29, 0.717) is 24.2 Å². The van der Waals surface area contributed by atoms with E-state index in [4.69, 9.17) is 0 Å². The van der Waals surface area contributed by atoms with E-state index in [0.717, 1.165) is 25.0 Å². The summed E-state index contributed by atoms with van der Waals surface area (Å²) in [6.45, 7) is 0.634. The Hall–Kier alpha value is -2.46. The van der Waals surface area contributed by atoms with E-state index >= 15 is 0 Å². The van der Waals surface area contributed by atoms with Gasteiger partial charge in [-0.3, -0.25) is 9.69 Å². The fourth-order valence-electron chi connectivity index (χ4n) is 4.23. The molecule has 2 aromatic rings. The average molecular weight is 364 g/mol. The molecule has 0 aliphatic carbocycles. The molecule has 0 saturated carbocycles. The smallest absolute Gasteiger partial charge is 0.258 e.